The molecule has 224 valence electrons. The zero-order valence-electron chi connectivity index (χ0n) is 25.9. The third kappa shape index (κ3) is 5.16. The summed E-state index contributed by atoms with van der Waals surface area (Å²) >= 11 is 7.00. The van der Waals surface area contributed by atoms with E-state index in [1.807, 2.05) is 75.9 Å². The maximum absolute atomic E-state index is 14.4. The first-order valence-electron chi connectivity index (χ1n) is 14.7. The van der Waals surface area contributed by atoms with Crippen LogP contribution in [0.4, 0.5) is 5.69 Å². The van der Waals surface area contributed by atoms with Crippen LogP contribution in [-0.2, 0) is 14.1 Å². The highest BCUT2D eigenvalue weighted by Gasteiger charge is 2.52. The van der Waals surface area contributed by atoms with E-state index in [9.17, 15) is 14.9 Å². The number of nitrogens with zero attached hydrogens (tertiary/aromatic N) is 4. The second-order valence-corrected chi connectivity index (χ2v) is 13.1. The highest BCUT2D eigenvalue weighted by atomic mass is 35.5. The van der Waals surface area contributed by atoms with Crippen LogP contribution >= 0.6 is 11.6 Å². The summed E-state index contributed by atoms with van der Waals surface area (Å²) < 4.78 is 14.4. The summed E-state index contributed by atoms with van der Waals surface area (Å²) in [5.41, 5.74) is 1.82. The van der Waals surface area contributed by atoms with E-state index in [1.54, 1.807) is 9.47 Å². The lowest BCUT2D eigenvalue weighted by Gasteiger charge is -2.41. The van der Waals surface area contributed by atoms with Gasteiger partial charge in [0, 0.05) is 41.5 Å². The predicted molar refractivity (Wildman–Crippen MR) is 173 cm³/mol. The van der Waals surface area contributed by atoms with Crippen molar-refractivity contribution in [1.82, 2.24) is 9.47 Å². The number of fused-ring (bicyclic) bond motifs is 1. The fraction of sp³-hybridized carbons (Fsp3) is 0.424. The van der Waals surface area contributed by atoms with Crippen LogP contribution in [0.3, 0.4) is 0 Å². The van der Waals surface area contributed by atoms with Gasteiger partial charge in [0.2, 0.25) is 5.91 Å². The third-order valence-electron chi connectivity index (χ3n) is 9.08. The Labute approximate surface area is 258 Å². The van der Waals surface area contributed by atoms with Gasteiger partial charge >= 0.3 is 7.12 Å². The van der Waals surface area contributed by atoms with Crippen molar-refractivity contribution < 1.29 is 14.1 Å². The average molecular weight is 601 g/mol. The maximum atomic E-state index is 14.4. The lowest BCUT2D eigenvalue weighted by molar-refractivity contribution is -0.126. The van der Waals surface area contributed by atoms with Crippen LogP contribution in [0, 0.1) is 11.3 Å². The number of piperazine rings is 1. The van der Waals surface area contributed by atoms with E-state index in [4.69, 9.17) is 20.9 Å². The van der Waals surface area contributed by atoms with Crippen LogP contribution < -0.4 is 15.9 Å². The molecule has 2 aliphatic rings. The fourth-order valence-electron chi connectivity index (χ4n) is 6.00. The van der Waals surface area contributed by atoms with Gasteiger partial charge in [-0.05, 0) is 70.4 Å². The Morgan fingerprint density at radius 1 is 1.16 bits per heavy atom. The molecule has 0 spiro atoms. The molecule has 10 heteroatoms. The van der Waals surface area contributed by atoms with E-state index in [-0.39, 0.29) is 23.4 Å². The van der Waals surface area contributed by atoms with Gasteiger partial charge in [-0.25, -0.2) is 0 Å². The number of benzene rings is 2. The van der Waals surface area contributed by atoms with E-state index in [0.717, 1.165) is 5.56 Å². The van der Waals surface area contributed by atoms with Crippen LogP contribution in [0.2, 0.25) is 5.02 Å². The molecule has 1 atom stereocenters. The topological polar surface area (TPSA) is 87.8 Å². The number of halogens is 1. The number of para-hydroxylation sites is 1. The molecule has 0 saturated carbocycles. The van der Waals surface area contributed by atoms with Crippen molar-refractivity contribution in [2.75, 3.05) is 24.5 Å². The van der Waals surface area contributed by atoms with Crippen molar-refractivity contribution in [2.24, 2.45) is 0 Å². The Morgan fingerprint density at radius 3 is 2.40 bits per heavy atom. The number of carbonyl (C=O) groups excluding carboxylic acids is 1. The summed E-state index contributed by atoms with van der Waals surface area (Å²) in [5.74, 6) is -0.0265. The molecule has 43 heavy (non-hydrogen) atoms. The van der Waals surface area contributed by atoms with Crippen LogP contribution in [-0.4, -0.2) is 59.4 Å². The van der Waals surface area contributed by atoms with Crippen LogP contribution in [0.25, 0.3) is 16.6 Å². The number of hydrogen-bond acceptors (Lipinski definition) is 6. The quantitative estimate of drug-likeness (QED) is 0.297. The molecule has 0 radical (unpaired) electrons. The van der Waals surface area contributed by atoms with Crippen molar-refractivity contribution in [3.8, 4) is 11.8 Å². The zero-order chi connectivity index (χ0) is 31.4. The monoisotopic (exact) mass is 600 g/mol. The maximum Gasteiger partial charge on any atom is 0.496 e. The zero-order valence-corrected chi connectivity index (χ0v) is 26.7. The van der Waals surface area contributed by atoms with Gasteiger partial charge in [-0.3, -0.25) is 14.2 Å². The molecule has 8 nitrogen and oxygen atoms in total. The number of aromatic nitrogens is 1. The minimum Gasteiger partial charge on any atom is -0.399 e. The number of rotatable bonds is 5. The Morgan fingerprint density at radius 2 is 1.81 bits per heavy atom. The Hall–Kier alpha value is -3.58. The standard InChI is InChI=1S/C33H38BClN4O4/c1-9-29(40)37-14-15-38(21(4)19-37)30-23-16-26(35)25(34-42-32(5,6)33(7,8)43-34)17-28(23)39(31(41)24(30)18-36)27-13-11-10-12-22(27)20(2)3/h9-13,16-17,20-21H,1,14-15,19H2,2-8H3/t21-/m0/s1. The Bertz CT molecular complexity index is 1710. The van der Waals surface area contributed by atoms with E-state index in [1.165, 1.54) is 6.08 Å². The molecule has 0 N–H and O–H groups in total. The fourth-order valence-corrected chi connectivity index (χ4v) is 6.25. The number of pyridine rings is 1. The molecule has 1 amide bonds. The molecule has 0 bridgehead atoms. The SMILES string of the molecule is C=CC(=O)N1CCN(c2c(C#N)c(=O)n(-c3ccccc3C(C)C)c3cc(B4OC(C)(C)C(C)(C)O4)c(Cl)cc23)[C@@H](C)C1. The third-order valence-corrected chi connectivity index (χ3v) is 9.41. The molecule has 3 heterocycles. The largest absolute Gasteiger partial charge is 0.496 e. The van der Waals surface area contributed by atoms with Gasteiger partial charge in [-0.2, -0.15) is 5.26 Å². The van der Waals surface area contributed by atoms with Crippen molar-refractivity contribution in [1.29, 1.82) is 5.26 Å². The molecule has 0 aliphatic carbocycles. The van der Waals surface area contributed by atoms with E-state index in [2.05, 4.69) is 26.5 Å². The summed E-state index contributed by atoms with van der Waals surface area (Å²) in [6.07, 6.45) is 1.31. The highest BCUT2D eigenvalue weighted by Crippen LogP contribution is 2.39. The molecule has 2 fully saturated rings. The second kappa shape index (κ2) is 11.2. The molecule has 5 rings (SSSR count). The molecule has 0 unspecified atom stereocenters. The minimum atomic E-state index is -0.753. The summed E-state index contributed by atoms with van der Waals surface area (Å²) in [5, 5.41) is 11.5. The van der Waals surface area contributed by atoms with Crippen molar-refractivity contribution in [3.05, 3.63) is 75.6 Å². The normalized spacial score (nSPS) is 19.6. The molecule has 2 aliphatic heterocycles. The number of carbonyl (C=O) groups is 1. The van der Waals surface area contributed by atoms with Gasteiger partial charge in [0.05, 0.1) is 28.1 Å². The number of hydrogen-bond donors (Lipinski definition) is 0. The Kier molecular flexibility index (Phi) is 8.02. The lowest BCUT2D eigenvalue weighted by atomic mass is 9.78. The molecular formula is C33H38BClN4O4. The molecule has 2 aromatic carbocycles. The average Bonchev–Trinajstić information content (AvgIpc) is 3.18. The van der Waals surface area contributed by atoms with E-state index >= 15 is 0 Å². The number of anilines is 1. The Balaban J connectivity index is 1.82. The lowest BCUT2D eigenvalue weighted by Crippen LogP contribution is -2.54. The first kappa shape index (κ1) is 30.9. The molecule has 2 saturated heterocycles. The van der Waals surface area contributed by atoms with Gasteiger partial charge in [0.25, 0.3) is 5.56 Å². The molecule has 3 aromatic rings. The highest BCUT2D eigenvalue weighted by molar-refractivity contribution is 6.66. The minimum absolute atomic E-state index is 0.0286. The number of nitriles is 1. The summed E-state index contributed by atoms with van der Waals surface area (Å²) in [4.78, 5) is 30.6. The van der Waals surface area contributed by atoms with Gasteiger partial charge < -0.3 is 19.1 Å². The van der Waals surface area contributed by atoms with Crippen LogP contribution in [0.15, 0.2) is 53.8 Å². The summed E-state index contributed by atoms with van der Waals surface area (Å²) in [6, 6.07) is 13.5. The predicted octanol–water partition coefficient (Wildman–Crippen LogP) is 5.16. The van der Waals surface area contributed by atoms with Crippen LogP contribution in [0.5, 0.6) is 0 Å². The van der Waals surface area contributed by atoms with Gasteiger partial charge in [-0.15, -0.1) is 0 Å². The molecular weight excluding hydrogens is 563 g/mol. The van der Waals surface area contributed by atoms with Crippen molar-refractivity contribution in [2.45, 2.75) is 71.6 Å². The first-order chi connectivity index (χ1) is 20.2. The van der Waals surface area contributed by atoms with Crippen molar-refractivity contribution in [3.63, 3.8) is 0 Å². The smallest absolute Gasteiger partial charge is 0.399 e. The van der Waals surface area contributed by atoms with Gasteiger partial charge in [0.1, 0.15) is 11.6 Å². The summed E-state index contributed by atoms with van der Waals surface area (Å²) in [7, 11) is -0.753. The van der Waals surface area contributed by atoms with E-state index in [0.29, 0.717) is 52.4 Å². The van der Waals surface area contributed by atoms with E-state index < -0.39 is 23.9 Å². The summed E-state index contributed by atoms with van der Waals surface area (Å²) in [6.45, 7) is 19.0. The first-order valence-corrected chi connectivity index (χ1v) is 15.0. The number of amides is 1. The van der Waals surface area contributed by atoms with Crippen LogP contribution in [0.1, 0.15) is 65.5 Å². The van der Waals surface area contributed by atoms with Gasteiger partial charge in [0.15, 0.2) is 0 Å². The van der Waals surface area contributed by atoms with Crippen molar-refractivity contribution >= 4 is 46.7 Å². The molecule has 1 aromatic heterocycles. The van der Waals surface area contributed by atoms with Gasteiger partial charge in [-0.1, -0.05) is 50.2 Å². The second-order valence-electron chi connectivity index (χ2n) is 12.7.